The highest BCUT2D eigenvalue weighted by Gasteiger charge is 2.31. The number of aromatic nitrogens is 1. The molecule has 6 nitrogen and oxygen atoms in total. The Morgan fingerprint density at radius 2 is 2.08 bits per heavy atom. The lowest BCUT2D eigenvalue weighted by atomic mass is 10.2. The van der Waals surface area contributed by atoms with Gasteiger partial charge in [-0.15, -0.1) is 0 Å². The number of hydrogen-bond donors (Lipinski definition) is 2. The first-order valence-corrected chi connectivity index (χ1v) is 8.98. The smallest absolute Gasteiger partial charge is 0.229 e. The van der Waals surface area contributed by atoms with E-state index in [1.165, 1.54) is 0 Å². The second-order valence-corrected chi connectivity index (χ2v) is 6.35. The van der Waals surface area contributed by atoms with Crippen molar-refractivity contribution in [2.24, 2.45) is 4.99 Å². The van der Waals surface area contributed by atoms with Crippen molar-refractivity contribution >= 4 is 17.6 Å². The highest BCUT2D eigenvalue weighted by atomic mass is 16.2. The molecule has 26 heavy (non-hydrogen) atoms. The maximum absolute atomic E-state index is 12.4. The number of para-hydroxylation sites is 1. The van der Waals surface area contributed by atoms with Gasteiger partial charge in [0.2, 0.25) is 5.91 Å². The van der Waals surface area contributed by atoms with Crippen LogP contribution >= 0.6 is 0 Å². The predicted molar refractivity (Wildman–Crippen MR) is 104 cm³/mol. The molecule has 1 aliphatic rings. The summed E-state index contributed by atoms with van der Waals surface area (Å²) in [4.78, 5) is 23.2. The maximum atomic E-state index is 12.4. The largest absolute Gasteiger partial charge is 0.357 e. The SMILES string of the molecule is CCNC(=NCc1ncccc1C)NC1CC(=O)N(c2ccccc2)C1. The first kappa shape index (κ1) is 17.9. The summed E-state index contributed by atoms with van der Waals surface area (Å²) in [7, 11) is 0. The van der Waals surface area contributed by atoms with Crippen LogP contribution in [0.4, 0.5) is 5.69 Å². The van der Waals surface area contributed by atoms with Crippen LogP contribution in [0.3, 0.4) is 0 Å². The van der Waals surface area contributed by atoms with Crippen LogP contribution in [0.1, 0.15) is 24.6 Å². The van der Waals surface area contributed by atoms with Crippen LogP contribution in [0.2, 0.25) is 0 Å². The molecule has 0 saturated carbocycles. The zero-order valence-corrected chi connectivity index (χ0v) is 15.3. The van der Waals surface area contributed by atoms with E-state index in [4.69, 9.17) is 0 Å². The number of carbonyl (C=O) groups is 1. The molecular weight excluding hydrogens is 326 g/mol. The summed E-state index contributed by atoms with van der Waals surface area (Å²) in [6, 6.07) is 13.8. The summed E-state index contributed by atoms with van der Waals surface area (Å²) in [5, 5.41) is 6.64. The molecule has 1 fully saturated rings. The molecule has 2 N–H and O–H groups in total. The lowest BCUT2D eigenvalue weighted by molar-refractivity contribution is -0.117. The van der Waals surface area contributed by atoms with Gasteiger partial charge >= 0.3 is 0 Å². The minimum atomic E-state index is 0.0327. The van der Waals surface area contributed by atoms with Crippen LogP contribution in [-0.2, 0) is 11.3 Å². The molecule has 0 spiro atoms. The van der Waals surface area contributed by atoms with E-state index in [0.29, 0.717) is 25.5 Å². The Balaban J connectivity index is 1.66. The molecule has 1 aliphatic heterocycles. The van der Waals surface area contributed by atoms with Crippen LogP contribution in [0, 0.1) is 6.92 Å². The van der Waals surface area contributed by atoms with Crippen molar-refractivity contribution in [1.82, 2.24) is 15.6 Å². The van der Waals surface area contributed by atoms with Crippen LogP contribution in [0.15, 0.2) is 53.7 Å². The van der Waals surface area contributed by atoms with Crippen molar-refractivity contribution < 1.29 is 4.79 Å². The lowest BCUT2D eigenvalue weighted by Gasteiger charge is -2.19. The number of benzene rings is 1. The van der Waals surface area contributed by atoms with E-state index in [0.717, 1.165) is 23.5 Å². The van der Waals surface area contributed by atoms with Crippen LogP contribution < -0.4 is 15.5 Å². The molecule has 2 aromatic rings. The van der Waals surface area contributed by atoms with Crippen molar-refractivity contribution in [3.63, 3.8) is 0 Å². The number of guanidine groups is 1. The first-order chi connectivity index (χ1) is 12.7. The van der Waals surface area contributed by atoms with Crippen LogP contribution in [0.5, 0.6) is 0 Å². The molecule has 1 aromatic heterocycles. The van der Waals surface area contributed by atoms with Crippen molar-refractivity contribution in [3.05, 3.63) is 59.9 Å². The zero-order valence-electron chi connectivity index (χ0n) is 15.3. The van der Waals surface area contributed by atoms with E-state index in [1.54, 1.807) is 6.20 Å². The number of amides is 1. The van der Waals surface area contributed by atoms with Crippen LogP contribution in [-0.4, -0.2) is 36.0 Å². The number of rotatable bonds is 5. The zero-order chi connectivity index (χ0) is 18.4. The van der Waals surface area contributed by atoms with Gasteiger partial charge in [0, 0.05) is 31.4 Å². The quantitative estimate of drug-likeness (QED) is 0.640. The summed E-state index contributed by atoms with van der Waals surface area (Å²) in [5.74, 6) is 0.843. The fourth-order valence-electron chi connectivity index (χ4n) is 3.01. The van der Waals surface area contributed by atoms with Crippen LogP contribution in [0.25, 0.3) is 0 Å². The Hall–Kier alpha value is -2.89. The van der Waals surface area contributed by atoms with Gasteiger partial charge in [-0.05, 0) is 37.6 Å². The van der Waals surface area contributed by atoms with E-state index in [-0.39, 0.29) is 11.9 Å². The average Bonchev–Trinajstić information content (AvgIpc) is 3.02. The molecule has 1 unspecified atom stereocenters. The van der Waals surface area contributed by atoms with Gasteiger partial charge in [0.1, 0.15) is 0 Å². The molecule has 1 saturated heterocycles. The van der Waals surface area contributed by atoms with E-state index in [2.05, 4.69) is 20.6 Å². The average molecular weight is 351 g/mol. The highest BCUT2D eigenvalue weighted by Crippen LogP contribution is 2.20. The number of nitrogens with zero attached hydrogens (tertiary/aromatic N) is 3. The number of nitrogens with one attached hydrogen (secondary N) is 2. The molecule has 0 radical (unpaired) electrons. The minimum absolute atomic E-state index is 0.0327. The monoisotopic (exact) mass is 351 g/mol. The van der Waals surface area contributed by atoms with Gasteiger partial charge in [0.05, 0.1) is 18.3 Å². The standard InChI is InChI=1S/C20H25N5O/c1-3-21-20(23-13-18-15(2)8-7-11-22-18)24-16-12-19(26)25(14-16)17-9-5-4-6-10-17/h4-11,16H,3,12-14H2,1-2H3,(H2,21,23,24). The van der Waals surface area contributed by atoms with E-state index in [9.17, 15) is 4.79 Å². The molecule has 1 atom stereocenters. The van der Waals surface area contributed by atoms with Gasteiger partial charge in [-0.25, -0.2) is 4.99 Å². The van der Waals surface area contributed by atoms with E-state index in [1.807, 2.05) is 61.2 Å². The number of aliphatic imine (C=N–C) groups is 1. The van der Waals surface area contributed by atoms with Gasteiger partial charge in [-0.1, -0.05) is 24.3 Å². The van der Waals surface area contributed by atoms with E-state index < -0.39 is 0 Å². The Morgan fingerprint density at radius 3 is 2.81 bits per heavy atom. The maximum Gasteiger partial charge on any atom is 0.229 e. The normalized spacial score (nSPS) is 17.5. The van der Waals surface area contributed by atoms with Crippen molar-refractivity contribution in [2.75, 3.05) is 18.0 Å². The molecule has 6 heteroatoms. The highest BCUT2D eigenvalue weighted by molar-refractivity contribution is 5.97. The third kappa shape index (κ3) is 4.39. The topological polar surface area (TPSA) is 69.6 Å². The number of hydrogen-bond acceptors (Lipinski definition) is 3. The Labute approximate surface area is 154 Å². The number of carbonyl (C=O) groups excluding carboxylic acids is 1. The predicted octanol–water partition coefficient (Wildman–Crippen LogP) is 2.25. The van der Waals surface area contributed by atoms with E-state index >= 15 is 0 Å². The van der Waals surface area contributed by atoms with Crippen molar-refractivity contribution in [1.29, 1.82) is 0 Å². The lowest BCUT2D eigenvalue weighted by Crippen LogP contribution is -2.44. The van der Waals surface area contributed by atoms with Gasteiger partial charge in [-0.3, -0.25) is 9.78 Å². The third-order valence-corrected chi connectivity index (χ3v) is 4.38. The van der Waals surface area contributed by atoms with Gasteiger partial charge in [0.15, 0.2) is 5.96 Å². The van der Waals surface area contributed by atoms with Gasteiger partial charge in [0.25, 0.3) is 0 Å². The Bertz CT molecular complexity index is 775. The summed E-state index contributed by atoms with van der Waals surface area (Å²) in [6.45, 7) is 5.96. The number of pyridine rings is 1. The third-order valence-electron chi connectivity index (χ3n) is 4.38. The summed E-state index contributed by atoms with van der Waals surface area (Å²) in [5.41, 5.74) is 3.02. The second-order valence-electron chi connectivity index (χ2n) is 6.35. The molecule has 1 amide bonds. The molecule has 0 aliphatic carbocycles. The summed E-state index contributed by atoms with van der Waals surface area (Å²) >= 11 is 0. The number of aryl methyl sites for hydroxylation is 1. The molecule has 3 rings (SSSR count). The first-order valence-electron chi connectivity index (χ1n) is 8.98. The molecular formula is C20H25N5O. The van der Waals surface area contributed by atoms with Gasteiger partial charge < -0.3 is 15.5 Å². The second kappa shape index (κ2) is 8.47. The fourth-order valence-corrected chi connectivity index (χ4v) is 3.01. The van der Waals surface area contributed by atoms with Crippen molar-refractivity contribution in [3.8, 4) is 0 Å². The molecule has 0 bridgehead atoms. The molecule has 136 valence electrons. The van der Waals surface area contributed by atoms with Gasteiger partial charge in [-0.2, -0.15) is 0 Å². The molecule has 2 heterocycles. The Kier molecular flexibility index (Phi) is 5.84. The Morgan fingerprint density at radius 1 is 1.27 bits per heavy atom. The number of anilines is 1. The summed E-state index contributed by atoms with van der Waals surface area (Å²) in [6.07, 6.45) is 2.24. The molecule has 1 aromatic carbocycles. The minimum Gasteiger partial charge on any atom is -0.357 e. The van der Waals surface area contributed by atoms with Crippen molar-refractivity contribution in [2.45, 2.75) is 32.9 Å². The summed E-state index contributed by atoms with van der Waals surface area (Å²) < 4.78 is 0. The fraction of sp³-hybridized carbons (Fsp3) is 0.350.